The van der Waals surface area contributed by atoms with Crippen molar-refractivity contribution in [2.75, 3.05) is 18.4 Å². The molecule has 0 bridgehead atoms. The Morgan fingerprint density at radius 2 is 1.80 bits per heavy atom. The Hall–Kier alpha value is -2.93. The minimum atomic E-state index is -0.433. The average Bonchev–Trinajstić information content (AvgIpc) is 2.84. The molecule has 0 radical (unpaired) electrons. The van der Waals surface area contributed by atoms with Crippen molar-refractivity contribution in [1.29, 1.82) is 0 Å². The summed E-state index contributed by atoms with van der Waals surface area (Å²) < 4.78 is 0. The molecule has 1 aromatic heterocycles. The van der Waals surface area contributed by atoms with Crippen LogP contribution in [0.3, 0.4) is 0 Å². The molecule has 0 fully saturated rings. The zero-order chi connectivity index (χ0) is 17.8. The van der Waals surface area contributed by atoms with E-state index in [9.17, 15) is 14.4 Å². The molecule has 128 valence electrons. The van der Waals surface area contributed by atoms with Gasteiger partial charge in [-0.2, -0.15) is 0 Å². The number of benzene rings is 1. The second kappa shape index (κ2) is 7.31. The van der Waals surface area contributed by atoms with Gasteiger partial charge >= 0.3 is 6.03 Å². The van der Waals surface area contributed by atoms with Gasteiger partial charge in [-0.15, -0.1) is 0 Å². The van der Waals surface area contributed by atoms with E-state index >= 15 is 0 Å². The topological polar surface area (TPSA) is 91.4 Å². The second-order valence-electron chi connectivity index (χ2n) is 5.40. The van der Waals surface area contributed by atoms with Gasteiger partial charge in [-0.1, -0.05) is 23.7 Å². The molecule has 0 unspecified atom stereocenters. The molecule has 3 rings (SSSR count). The van der Waals surface area contributed by atoms with Gasteiger partial charge in [-0.3, -0.25) is 19.8 Å². The van der Waals surface area contributed by atoms with Gasteiger partial charge in [0.1, 0.15) is 5.82 Å². The lowest BCUT2D eigenvalue weighted by Gasteiger charge is -2.14. The maximum absolute atomic E-state index is 12.2. The number of fused-ring (bicyclic) bond motifs is 1. The van der Waals surface area contributed by atoms with E-state index in [0.717, 1.165) is 0 Å². The van der Waals surface area contributed by atoms with Crippen LogP contribution in [0, 0.1) is 0 Å². The number of anilines is 1. The number of urea groups is 1. The zero-order valence-electron chi connectivity index (χ0n) is 13.2. The van der Waals surface area contributed by atoms with Gasteiger partial charge in [0.05, 0.1) is 11.1 Å². The Bertz CT molecular complexity index is 805. The van der Waals surface area contributed by atoms with Gasteiger partial charge in [0.25, 0.3) is 11.8 Å². The number of hydrogen-bond acceptors (Lipinski definition) is 4. The van der Waals surface area contributed by atoms with Crippen LogP contribution in [0.1, 0.15) is 27.1 Å². The number of halogens is 1. The van der Waals surface area contributed by atoms with E-state index < -0.39 is 6.03 Å². The molecule has 0 aliphatic carbocycles. The van der Waals surface area contributed by atoms with E-state index in [0.29, 0.717) is 34.9 Å². The first-order valence-electron chi connectivity index (χ1n) is 7.68. The first-order chi connectivity index (χ1) is 12.1. The molecule has 1 aliphatic heterocycles. The Kier molecular flexibility index (Phi) is 4.95. The van der Waals surface area contributed by atoms with Crippen molar-refractivity contribution < 1.29 is 14.4 Å². The summed E-state index contributed by atoms with van der Waals surface area (Å²) in [6, 6.07) is 9.43. The Morgan fingerprint density at radius 1 is 1.12 bits per heavy atom. The quantitative estimate of drug-likeness (QED) is 0.634. The van der Waals surface area contributed by atoms with E-state index in [1.54, 1.807) is 30.3 Å². The number of carbonyl (C=O) groups is 3. The molecule has 2 aromatic rings. The van der Waals surface area contributed by atoms with Gasteiger partial charge in [-0.05, 0) is 30.7 Å². The predicted molar refractivity (Wildman–Crippen MR) is 92.7 cm³/mol. The SMILES string of the molecule is O=C(NCCCN1C(=O)c2ccccc2C1=O)Nc1cc(Cl)ccn1. The van der Waals surface area contributed by atoms with Crippen LogP contribution in [0.25, 0.3) is 0 Å². The number of aromatic nitrogens is 1. The third-order valence-corrected chi connectivity index (χ3v) is 3.92. The summed E-state index contributed by atoms with van der Waals surface area (Å²) in [5, 5.41) is 5.66. The number of carbonyl (C=O) groups excluding carboxylic acids is 3. The number of pyridine rings is 1. The molecular formula is C17H15ClN4O3. The molecule has 25 heavy (non-hydrogen) atoms. The average molecular weight is 359 g/mol. The molecule has 0 saturated heterocycles. The Balaban J connectivity index is 1.45. The summed E-state index contributed by atoms with van der Waals surface area (Å²) in [6.07, 6.45) is 1.93. The van der Waals surface area contributed by atoms with E-state index in [4.69, 9.17) is 11.6 Å². The number of nitrogens with one attached hydrogen (secondary N) is 2. The number of rotatable bonds is 5. The van der Waals surface area contributed by atoms with Crippen LogP contribution >= 0.6 is 11.6 Å². The second-order valence-corrected chi connectivity index (χ2v) is 5.84. The summed E-state index contributed by atoms with van der Waals surface area (Å²) in [7, 11) is 0. The van der Waals surface area contributed by atoms with Crippen molar-refractivity contribution in [1.82, 2.24) is 15.2 Å². The van der Waals surface area contributed by atoms with Crippen LogP contribution in [-0.2, 0) is 0 Å². The van der Waals surface area contributed by atoms with Gasteiger partial charge in [0, 0.05) is 24.3 Å². The minimum Gasteiger partial charge on any atom is -0.338 e. The Morgan fingerprint density at radius 3 is 2.44 bits per heavy atom. The fraction of sp³-hybridized carbons (Fsp3) is 0.176. The molecule has 2 N–H and O–H groups in total. The fourth-order valence-corrected chi connectivity index (χ4v) is 2.67. The van der Waals surface area contributed by atoms with Gasteiger partial charge in [-0.25, -0.2) is 9.78 Å². The van der Waals surface area contributed by atoms with Crippen LogP contribution in [0.15, 0.2) is 42.6 Å². The third kappa shape index (κ3) is 3.77. The van der Waals surface area contributed by atoms with Crippen LogP contribution in [0.5, 0.6) is 0 Å². The molecule has 8 heteroatoms. The molecule has 1 aromatic carbocycles. The lowest BCUT2D eigenvalue weighted by molar-refractivity contribution is 0.0653. The van der Waals surface area contributed by atoms with Crippen molar-refractivity contribution in [3.8, 4) is 0 Å². The largest absolute Gasteiger partial charge is 0.338 e. The molecule has 2 heterocycles. The summed E-state index contributed by atoms with van der Waals surface area (Å²) in [4.78, 5) is 41.3. The van der Waals surface area contributed by atoms with E-state index in [1.165, 1.54) is 17.2 Å². The number of nitrogens with zero attached hydrogens (tertiary/aromatic N) is 2. The summed E-state index contributed by atoms with van der Waals surface area (Å²) in [5.74, 6) is -0.258. The van der Waals surface area contributed by atoms with E-state index in [-0.39, 0.29) is 18.4 Å². The molecule has 4 amide bonds. The molecule has 0 atom stereocenters. The fourth-order valence-electron chi connectivity index (χ4n) is 2.51. The van der Waals surface area contributed by atoms with Crippen molar-refractivity contribution in [2.24, 2.45) is 0 Å². The van der Waals surface area contributed by atoms with Crippen LogP contribution < -0.4 is 10.6 Å². The summed E-state index contributed by atoms with van der Waals surface area (Å²) in [5.41, 5.74) is 0.843. The third-order valence-electron chi connectivity index (χ3n) is 3.69. The van der Waals surface area contributed by atoms with Gasteiger partial charge in [0.2, 0.25) is 0 Å². The molecule has 7 nitrogen and oxygen atoms in total. The predicted octanol–water partition coefficient (Wildman–Crippen LogP) is 2.54. The number of hydrogen-bond donors (Lipinski definition) is 2. The van der Waals surface area contributed by atoms with Gasteiger partial charge in [0.15, 0.2) is 0 Å². The van der Waals surface area contributed by atoms with Crippen LogP contribution in [0.4, 0.5) is 10.6 Å². The number of imide groups is 1. The van der Waals surface area contributed by atoms with Crippen LogP contribution in [-0.4, -0.2) is 40.8 Å². The van der Waals surface area contributed by atoms with E-state index in [2.05, 4.69) is 15.6 Å². The monoisotopic (exact) mass is 358 g/mol. The van der Waals surface area contributed by atoms with Crippen LogP contribution in [0.2, 0.25) is 5.02 Å². The molecule has 0 saturated carbocycles. The number of amides is 4. The normalized spacial score (nSPS) is 12.9. The maximum atomic E-state index is 12.2. The molecule has 1 aliphatic rings. The lowest BCUT2D eigenvalue weighted by atomic mass is 10.1. The smallest absolute Gasteiger partial charge is 0.320 e. The molecule has 0 spiro atoms. The highest BCUT2D eigenvalue weighted by molar-refractivity contribution is 6.30. The van der Waals surface area contributed by atoms with Crippen molar-refractivity contribution in [3.63, 3.8) is 0 Å². The van der Waals surface area contributed by atoms with Crippen molar-refractivity contribution >= 4 is 35.3 Å². The lowest BCUT2D eigenvalue weighted by Crippen LogP contribution is -2.35. The summed E-state index contributed by atoms with van der Waals surface area (Å²) in [6.45, 7) is 0.543. The Labute approximate surface area is 149 Å². The first-order valence-corrected chi connectivity index (χ1v) is 8.05. The zero-order valence-corrected chi connectivity index (χ0v) is 13.9. The summed E-state index contributed by atoms with van der Waals surface area (Å²) >= 11 is 5.81. The highest BCUT2D eigenvalue weighted by Crippen LogP contribution is 2.22. The van der Waals surface area contributed by atoms with Gasteiger partial charge < -0.3 is 5.32 Å². The highest BCUT2D eigenvalue weighted by atomic mass is 35.5. The standard InChI is InChI=1S/C17H15ClN4O3/c18-11-6-8-19-14(10-11)21-17(25)20-7-3-9-22-15(23)12-4-1-2-5-13(12)16(22)24/h1-2,4-6,8,10H,3,7,9H2,(H2,19,20,21,25). The van der Waals surface area contributed by atoms with Crippen molar-refractivity contribution in [3.05, 3.63) is 58.7 Å². The first kappa shape index (κ1) is 16.9. The van der Waals surface area contributed by atoms with E-state index in [1.807, 2.05) is 0 Å². The highest BCUT2D eigenvalue weighted by Gasteiger charge is 2.34. The van der Waals surface area contributed by atoms with Crippen molar-refractivity contribution in [2.45, 2.75) is 6.42 Å². The molecular weight excluding hydrogens is 344 g/mol. The minimum absolute atomic E-state index is 0.238. The maximum Gasteiger partial charge on any atom is 0.320 e.